The van der Waals surface area contributed by atoms with Gasteiger partial charge >= 0.3 is 0 Å². The summed E-state index contributed by atoms with van der Waals surface area (Å²) in [4.78, 5) is 4.59. The standard InChI is InChI=1S/C62H32N4S3/c1-64-55-52(35-16-4-2-5-17-35)46(34-63)56(66-57-40(28-30-43-38-21-10-14-26-50(38)68-61(43)57)41-29-31-44-39-22-11-15-27-51(39)69-62(44)58(41)66)53(36-18-6-3-7-19-36)59(55)65-47-24-12-8-23-45(47)54-48(65)33-32-42-37-20-9-13-25-49(37)67-60(42)54/h2-33H. The van der Waals surface area contributed by atoms with Gasteiger partial charge in [-0.05, 0) is 41.5 Å². The quantitative estimate of drug-likeness (QED) is 0.162. The first kappa shape index (κ1) is 38.5. The van der Waals surface area contributed by atoms with Crippen molar-refractivity contribution in [2.45, 2.75) is 0 Å². The number of para-hydroxylation sites is 1. The lowest BCUT2D eigenvalue weighted by Gasteiger charge is -2.26. The summed E-state index contributed by atoms with van der Waals surface area (Å²) < 4.78 is 12.0. The number of hydrogen-bond acceptors (Lipinski definition) is 4. The Labute approximate surface area is 406 Å². The van der Waals surface area contributed by atoms with Gasteiger partial charge in [0.2, 0.25) is 5.69 Å². The third-order valence-corrected chi connectivity index (χ3v) is 17.8. The van der Waals surface area contributed by atoms with Gasteiger partial charge in [-0.25, -0.2) is 4.85 Å². The fourth-order valence-electron chi connectivity index (χ4n) is 11.4. The highest BCUT2D eigenvalue weighted by molar-refractivity contribution is 7.27. The average molecular weight is 929 g/mol. The number of thiophene rings is 3. The van der Waals surface area contributed by atoms with Gasteiger partial charge in [-0.3, -0.25) is 0 Å². The highest BCUT2D eigenvalue weighted by Gasteiger charge is 2.33. The summed E-state index contributed by atoms with van der Waals surface area (Å²) in [6.45, 7) is 9.38. The van der Waals surface area contributed by atoms with Crippen molar-refractivity contribution < 1.29 is 0 Å². The summed E-state index contributed by atoms with van der Waals surface area (Å²) in [6.07, 6.45) is 0. The van der Waals surface area contributed by atoms with E-state index in [4.69, 9.17) is 0 Å². The number of hydrogen-bond donors (Lipinski definition) is 0. The van der Waals surface area contributed by atoms with Crippen molar-refractivity contribution in [3.63, 3.8) is 0 Å². The monoisotopic (exact) mass is 928 g/mol. The molecule has 5 heterocycles. The number of aromatic nitrogens is 2. The van der Waals surface area contributed by atoms with Crippen LogP contribution in [0.15, 0.2) is 194 Å². The van der Waals surface area contributed by atoms with Crippen LogP contribution in [0.4, 0.5) is 5.69 Å². The number of rotatable bonds is 4. The van der Waals surface area contributed by atoms with Crippen molar-refractivity contribution in [1.82, 2.24) is 9.13 Å². The summed E-state index contributed by atoms with van der Waals surface area (Å²) in [7, 11) is 0. The maximum absolute atomic E-state index is 12.1. The topological polar surface area (TPSA) is 38.0 Å². The molecule has 0 aliphatic carbocycles. The van der Waals surface area contributed by atoms with E-state index in [2.05, 4.69) is 178 Å². The molecule has 0 atom stereocenters. The average Bonchev–Trinajstić information content (AvgIpc) is 4.23. The zero-order chi connectivity index (χ0) is 45.5. The SMILES string of the molecule is [C-]#[N+]c1c(-c2ccccc2)c(C#N)c(-n2c3c(ccc4c5ccccc5sc43)c3ccc4c5ccccc5sc4c32)c(-c2ccccc2)c1-n1c2ccccc2c2c3sc4ccccc4c3ccc21. The minimum absolute atomic E-state index is 0.430. The Morgan fingerprint density at radius 3 is 1.39 bits per heavy atom. The second-order valence-corrected chi connectivity index (χ2v) is 20.8. The van der Waals surface area contributed by atoms with Crippen molar-refractivity contribution in [2.24, 2.45) is 0 Å². The molecule has 4 nitrogen and oxygen atoms in total. The first-order valence-corrected chi connectivity index (χ1v) is 25.3. The summed E-state index contributed by atoms with van der Waals surface area (Å²) >= 11 is 5.43. The maximum atomic E-state index is 12.1. The molecule has 0 fully saturated rings. The first-order chi connectivity index (χ1) is 34.2. The van der Waals surface area contributed by atoms with Crippen LogP contribution in [0.3, 0.4) is 0 Å². The number of nitriles is 1. The van der Waals surface area contributed by atoms with Gasteiger partial charge in [0.05, 0.1) is 55.0 Å². The lowest BCUT2D eigenvalue weighted by Crippen LogP contribution is -2.09. The first-order valence-electron chi connectivity index (χ1n) is 22.9. The third kappa shape index (κ3) is 5.19. The van der Waals surface area contributed by atoms with Gasteiger partial charge in [0.25, 0.3) is 0 Å². The van der Waals surface area contributed by atoms with Gasteiger partial charge in [-0.15, -0.1) is 34.0 Å². The Morgan fingerprint density at radius 1 is 0.391 bits per heavy atom. The Hall–Kier alpha value is -8.56. The Bertz CT molecular complexity index is 4670. The van der Waals surface area contributed by atoms with E-state index in [1.54, 1.807) is 22.7 Å². The van der Waals surface area contributed by atoms with Gasteiger partial charge in [0.15, 0.2) is 0 Å². The van der Waals surface area contributed by atoms with Gasteiger partial charge < -0.3 is 9.13 Å². The highest BCUT2D eigenvalue weighted by atomic mass is 32.1. The normalized spacial score (nSPS) is 12.0. The van der Waals surface area contributed by atoms with Crippen molar-refractivity contribution in [1.29, 1.82) is 5.26 Å². The number of nitrogens with zero attached hydrogens (tertiary/aromatic N) is 4. The minimum Gasteiger partial charge on any atom is -0.318 e. The molecule has 5 aromatic heterocycles. The molecule has 0 saturated heterocycles. The van der Waals surface area contributed by atoms with Crippen molar-refractivity contribution in [3.8, 4) is 39.7 Å². The van der Waals surface area contributed by atoms with Crippen LogP contribution < -0.4 is 0 Å². The molecule has 7 heteroatoms. The van der Waals surface area contributed by atoms with Gasteiger partial charge in [-0.2, -0.15) is 5.26 Å². The molecule has 0 radical (unpaired) electrons. The van der Waals surface area contributed by atoms with E-state index in [1.807, 2.05) is 47.7 Å². The van der Waals surface area contributed by atoms with E-state index in [0.717, 1.165) is 81.1 Å². The maximum Gasteiger partial charge on any atom is 0.220 e. The van der Waals surface area contributed by atoms with E-state index in [1.165, 1.54) is 51.1 Å². The van der Waals surface area contributed by atoms with Crippen LogP contribution in [0.2, 0.25) is 0 Å². The van der Waals surface area contributed by atoms with E-state index >= 15 is 0 Å². The Kier molecular flexibility index (Phi) is 8.08. The van der Waals surface area contributed by atoms with Crippen molar-refractivity contribution in [2.75, 3.05) is 0 Å². The second-order valence-electron chi connectivity index (χ2n) is 17.6. The molecule has 0 bridgehead atoms. The van der Waals surface area contributed by atoms with Crippen LogP contribution in [0.25, 0.3) is 143 Å². The molecule has 15 aromatic rings. The van der Waals surface area contributed by atoms with Gasteiger partial charge in [0.1, 0.15) is 6.07 Å². The smallest absolute Gasteiger partial charge is 0.220 e. The molecular weight excluding hydrogens is 897 g/mol. The molecule has 15 rings (SSSR count). The lowest BCUT2D eigenvalue weighted by molar-refractivity contribution is 1.14. The number of benzene rings is 10. The van der Waals surface area contributed by atoms with E-state index in [9.17, 15) is 11.8 Å². The van der Waals surface area contributed by atoms with Crippen LogP contribution >= 0.6 is 34.0 Å². The fraction of sp³-hybridized carbons (Fsp3) is 0. The molecule has 10 aromatic carbocycles. The van der Waals surface area contributed by atoms with Gasteiger partial charge in [-0.1, -0.05) is 164 Å². The molecule has 0 aliphatic rings. The van der Waals surface area contributed by atoms with E-state index in [0.29, 0.717) is 16.8 Å². The number of fused-ring (bicyclic) bond motifs is 18. The largest absolute Gasteiger partial charge is 0.318 e. The fourth-order valence-corrected chi connectivity index (χ4v) is 15.1. The molecule has 69 heavy (non-hydrogen) atoms. The predicted octanol–water partition coefficient (Wildman–Crippen LogP) is 18.7. The van der Waals surface area contributed by atoms with Gasteiger partial charge in [0, 0.05) is 83.8 Å². The predicted molar refractivity (Wildman–Crippen MR) is 296 cm³/mol. The van der Waals surface area contributed by atoms with Crippen molar-refractivity contribution >= 4 is 144 Å². The highest BCUT2D eigenvalue weighted by Crippen LogP contribution is 2.55. The zero-order valence-corrected chi connectivity index (χ0v) is 38.9. The minimum atomic E-state index is 0.430. The molecule has 318 valence electrons. The molecular formula is C62H32N4S3. The Balaban J connectivity index is 1.25. The van der Waals surface area contributed by atoms with Crippen LogP contribution in [0, 0.1) is 17.9 Å². The summed E-state index contributed by atoms with van der Waals surface area (Å²) in [5.41, 5.74) is 9.68. The summed E-state index contributed by atoms with van der Waals surface area (Å²) in [5.74, 6) is 0. The summed E-state index contributed by atoms with van der Waals surface area (Å²) in [5, 5.41) is 23.9. The zero-order valence-electron chi connectivity index (χ0n) is 36.5. The lowest BCUT2D eigenvalue weighted by atomic mass is 9.88. The van der Waals surface area contributed by atoms with E-state index < -0.39 is 0 Å². The molecule has 0 amide bonds. The molecule has 0 aliphatic heterocycles. The van der Waals surface area contributed by atoms with E-state index in [-0.39, 0.29) is 0 Å². The van der Waals surface area contributed by atoms with Crippen LogP contribution in [-0.2, 0) is 0 Å². The summed E-state index contributed by atoms with van der Waals surface area (Å²) in [6, 6.07) is 71.8. The molecule has 0 unspecified atom stereocenters. The second kappa shape index (κ2) is 14.5. The third-order valence-electron chi connectivity index (χ3n) is 14.2. The van der Waals surface area contributed by atoms with Crippen LogP contribution in [0.1, 0.15) is 5.56 Å². The molecule has 0 N–H and O–H groups in total. The van der Waals surface area contributed by atoms with Crippen molar-refractivity contribution in [3.05, 3.63) is 211 Å². The van der Waals surface area contributed by atoms with Crippen LogP contribution in [0.5, 0.6) is 0 Å². The molecule has 0 spiro atoms. The Morgan fingerprint density at radius 2 is 0.841 bits per heavy atom. The van der Waals surface area contributed by atoms with Crippen LogP contribution in [-0.4, -0.2) is 9.13 Å². The molecule has 0 saturated carbocycles.